The molecule has 1 aromatic heterocycles. The summed E-state index contributed by atoms with van der Waals surface area (Å²) in [4.78, 5) is 13.4. The maximum absolute atomic E-state index is 13.4. The fourth-order valence-electron chi connectivity index (χ4n) is 5.59. The number of hydrogen-bond acceptors (Lipinski definition) is 2. The third kappa shape index (κ3) is 5.72. The summed E-state index contributed by atoms with van der Waals surface area (Å²) in [6.45, 7) is 11.8. The van der Waals surface area contributed by atoms with Gasteiger partial charge in [-0.15, -0.1) is 0 Å². The van der Waals surface area contributed by atoms with Gasteiger partial charge in [0.2, 0.25) is 0 Å². The van der Waals surface area contributed by atoms with Crippen molar-refractivity contribution in [3.8, 4) is 5.75 Å². The number of fused-ring (bicyclic) bond motifs is 1. The average Bonchev–Trinajstić information content (AvgIpc) is 3.12. The molecule has 1 fully saturated rings. The molecule has 1 saturated carbocycles. The number of halogens is 1. The molecule has 5 heteroatoms. The van der Waals surface area contributed by atoms with Crippen LogP contribution < -0.4 is 5.32 Å². The summed E-state index contributed by atoms with van der Waals surface area (Å²) in [7, 11) is 0. The van der Waals surface area contributed by atoms with E-state index >= 15 is 0 Å². The smallest absolute Gasteiger partial charge is 0.251 e. The van der Waals surface area contributed by atoms with Crippen molar-refractivity contribution in [2.45, 2.75) is 78.3 Å². The lowest BCUT2D eigenvalue weighted by molar-refractivity contribution is 0.0940. The summed E-state index contributed by atoms with van der Waals surface area (Å²) < 4.78 is 2.40. The Balaban J connectivity index is 1.44. The van der Waals surface area contributed by atoms with E-state index in [0.717, 1.165) is 28.6 Å². The molecule has 3 aromatic carbocycles. The van der Waals surface area contributed by atoms with E-state index in [2.05, 4.69) is 74.0 Å². The maximum Gasteiger partial charge on any atom is 0.251 e. The van der Waals surface area contributed by atoms with Crippen molar-refractivity contribution < 1.29 is 9.90 Å². The molecule has 0 aliphatic heterocycles. The van der Waals surface area contributed by atoms with Gasteiger partial charge in [0.15, 0.2) is 0 Å². The third-order valence-electron chi connectivity index (χ3n) is 8.40. The zero-order valence-corrected chi connectivity index (χ0v) is 24.4. The standard InChI is InChI=1S/C34H39ClN2O2/c1-21(25-10-13-27(14-11-25)34(3,4)5)36-33(39)26-12-15-28-29(17-24-9-16-30(35)32(38)18-24)22(2)37(31(28)19-26)20-23-7-6-8-23/h9-16,18-19,21,23,38H,6-8,17,20H2,1-5H3,(H,36,39)/t21-/m0/s1. The number of aromatic nitrogens is 1. The topological polar surface area (TPSA) is 54.3 Å². The fraction of sp³-hybridized carbons (Fsp3) is 0.382. The Morgan fingerprint density at radius 2 is 1.79 bits per heavy atom. The first-order chi connectivity index (χ1) is 18.5. The molecule has 2 N–H and O–H groups in total. The van der Waals surface area contributed by atoms with Crippen LogP contribution in [-0.4, -0.2) is 15.6 Å². The molecule has 0 saturated heterocycles. The highest BCUT2D eigenvalue weighted by molar-refractivity contribution is 6.32. The monoisotopic (exact) mass is 542 g/mol. The van der Waals surface area contributed by atoms with Crippen LogP contribution in [0.15, 0.2) is 60.7 Å². The van der Waals surface area contributed by atoms with E-state index < -0.39 is 0 Å². The van der Waals surface area contributed by atoms with Crippen LogP contribution in [0, 0.1) is 12.8 Å². The molecule has 0 unspecified atom stereocenters. The van der Waals surface area contributed by atoms with E-state index in [1.54, 1.807) is 12.1 Å². The van der Waals surface area contributed by atoms with E-state index in [1.807, 2.05) is 19.1 Å². The number of phenols is 1. The summed E-state index contributed by atoms with van der Waals surface area (Å²) in [5, 5.41) is 14.9. The molecule has 1 atom stereocenters. The zero-order chi connectivity index (χ0) is 27.9. The number of carbonyl (C=O) groups excluding carboxylic acids is 1. The van der Waals surface area contributed by atoms with Crippen LogP contribution in [0.25, 0.3) is 10.9 Å². The summed E-state index contributed by atoms with van der Waals surface area (Å²) in [6.07, 6.45) is 4.50. The van der Waals surface area contributed by atoms with Gasteiger partial charge in [-0.3, -0.25) is 4.79 Å². The van der Waals surface area contributed by atoms with Crippen molar-refractivity contribution in [3.05, 3.63) is 99.2 Å². The third-order valence-corrected chi connectivity index (χ3v) is 8.72. The molecule has 4 aromatic rings. The number of amides is 1. The van der Waals surface area contributed by atoms with Gasteiger partial charge in [-0.2, -0.15) is 0 Å². The molecule has 39 heavy (non-hydrogen) atoms. The fourth-order valence-corrected chi connectivity index (χ4v) is 5.71. The van der Waals surface area contributed by atoms with Gasteiger partial charge in [-0.1, -0.05) is 75.2 Å². The number of nitrogens with one attached hydrogen (secondary N) is 1. The Hall–Kier alpha value is -3.24. The quantitative estimate of drug-likeness (QED) is 0.246. The van der Waals surface area contributed by atoms with Crippen molar-refractivity contribution in [1.82, 2.24) is 9.88 Å². The molecule has 0 radical (unpaired) electrons. The predicted octanol–water partition coefficient (Wildman–Crippen LogP) is 8.49. The van der Waals surface area contributed by atoms with Crippen molar-refractivity contribution in [2.24, 2.45) is 5.92 Å². The Labute approximate surface area is 237 Å². The predicted molar refractivity (Wildman–Crippen MR) is 161 cm³/mol. The highest BCUT2D eigenvalue weighted by Crippen LogP contribution is 2.35. The van der Waals surface area contributed by atoms with Crippen LogP contribution >= 0.6 is 11.6 Å². The van der Waals surface area contributed by atoms with Crippen LogP contribution in [0.1, 0.15) is 91.3 Å². The van der Waals surface area contributed by atoms with E-state index in [9.17, 15) is 9.90 Å². The molecule has 1 amide bonds. The molecule has 204 valence electrons. The largest absolute Gasteiger partial charge is 0.506 e. The van der Waals surface area contributed by atoms with Crippen LogP contribution in [0.5, 0.6) is 5.75 Å². The zero-order valence-electron chi connectivity index (χ0n) is 23.6. The van der Waals surface area contributed by atoms with E-state index in [0.29, 0.717) is 22.9 Å². The van der Waals surface area contributed by atoms with E-state index in [4.69, 9.17) is 11.6 Å². The van der Waals surface area contributed by atoms with Crippen LogP contribution in [0.2, 0.25) is 5.02 Å². The van der Waals surface area contributed by atoms with Gasteiger partial charge in [0.25, 0.3) is 5.91 Å². The van der Waals surface area contributed by atoms with Gasteiger partial charge in [0.05, 0.1) is 11.1 Å². The first kappa shape index (κ1) is 27.3. The number of benzene rings is 3. The number of nitrogens with zero attached hydrogens (tertiary/aromatic N) is 1. The molecule has 1 heterocycles. The highest BCUT2D eigenvalue weighted by Gasteiger charge is 2.23. The molecule has 1 aliphatic rings. The lowest BCUT2D eigenvalue weighted by Gasteiger charge is -2.27. The minimum absolute atomic E-state index is 0.0671. The van der Waals surface area contributed by atoms with Crippen LogP contribution in [0.3, 0.4) is 0 Å². The van der Waals surface area contributed by atoms with Gasteiger partial charge in [-0.05, 0) is 91.0 Å². The van der Waals surface area contributed by atoms with Gasteiger partial charge in [0.1, 0.15) is 5.75 Å². The first-order valence-corrected chi connectivity index (χ1v) is 14.4. The normalized spacial score (nSPS) is 14.8. The van der Waals surface area contributed by atoms with Crippen molar-refractivity contribution >= 4 is 28.4 Å². The molecule has 1 aliphatic carbocycles. The summed E-state index contributed by atoms with van der Waals surface area (Å²) in [5.74, 6) is 0.717. The second-order valence-corrected chi connectivity index (χ2v) is 12.6. The Morgan fingerprint density at radius 1 is 1.08 bits per heavy atom. The van der Waals surface area contributed by atoms with Gasteiger partial charge in [-0.25, -0.2) is 0 Å². The summed E-state index contributed by atoms with van der Waals surface area (Å²) >= 11 is 6.05. The number of hydrogen-bond donors (Lipinski definition) is 2. The molecule has 4 nitrogen and oxygen atoms in total. The van der Waals surface area contributed by atoms with Gasteiger partial charge in [0, 0.05) is 28.7 Å². The second kappa shape index (κ2) is 10.7. The van der Waals surface area contributed by atoms with E-state index in [1.165, 1.54) is 36.1 Å². The lowest BCUT2D eigenvalue weighted by atomic mass is 9.85. The maximum atomic E-state index is 13.4. The number of phenolic OH excluding ortho intramolecular Hbond substituents is 1. The minimum atomic E-state index is -0.0983. The average molecular weight is 543 g/mol. The molecule has 0 spiro atoms. The van der Waals surface area contributed by atoms with Crippen LogP contribution in [0.4, 0.5) is 0 Å². The van der Waals surface area contributed by atoms with Crippen molar-refractivity contribution in [2.75, 3.05) is 0 Å². The second-order valence-electron chi connectivity index (χ2n) is 12.2. The van der Waals surface area contributed by atoms with Crippen molar-refractivity contribution in [1.29, 1.82) is 0 Å². The first-order valence-electron chi connectivity index (χ1n) is 14.0. The van der Waals surface area contributed by atoms with Gasteiger partial charge >= 0.3 is 0 Å². The number of aromatic hydroxyl groups is 1. The number of rotatable bonds is 7. The summed E-state index contributed by atoms with van der Waals surface area (Å²) in [6, 6.07) is 20.0. The Morgan fingerprint density at radius 3 is 2.41 bits per heavy atom. The van der Waals surface area contributed by atoms with Crippen molar-refractivity contribution in [3.63, 3.8) is 0 Å². The Kier molecular flexibility index (Phi) is 7.52. The van der Waals surface area contributed by atoms with Crippen LogP contribution in [-0.2, 0) is 18.4 Å². The molecule has 5 rings (SSSR count). The summed E-state index contributed by atoms with van der Waals surface area (Å²) in [5.41, 5.74) is 7.70. The minimum Gasteiger partial charge on any atom is -0.506 e. The number of carbonyl (C=O) groups is 1. The highest BCUT2D eigenvalue weighted by atomic mass is 35.5. The molecule has 0 bridgehead atoms. The Bertz CT molecular complexity index is 1510. The van der Waals surface area contributed by atoms with Gasteiger partial charge < -0.3 is 15.0 Å². The molecular formula is C34H39ClN2O2. The lowest BCUT2D eigenvalue weighted by Crippen LogP contribution is -2.26. The van der Waals surface area contributed by atoms with E-state index in [-0.39, 0.29) is 23.1 Å². The SMILES string of the molecule is Cc1c(Cc2ccc(Cl)c(O)c2)c2ccc(C(=O)N[C@@H](C)c3ccc(C(C)(C)C)cc3)cc2n1CC1CCC1. The molecular weight excluding hydrogens is 504 g/mol.